The molecule has 0 aliphatic carbocycles. The summed E-state index contributed by atoms with van der Waals surface area (Å²) in [6, 6.07) is 7.14. The van der Waals surface area contributed by atoms with Crippen LogP contribution < -0.4 is 0 Å². The van der Waals surface area contributed by atoms with Gasteiger partial charge in [-0.05, 0) is 12.5 Å². The quantitative estimate of drug-likeness (QED) is 0.822. The number of rotatable bonds is 1. The molecule has 7 heteroatoms. The van der Waals surface area contributed by atoms with Crippen LogP contribution >= 0.6 is 0 Å². The second kappa shape index (κ2) is 4.91. The van der Waals surface area contributed by atoms with Crippen LogP contribution in [0.25, 0.3) is 10.9 Å². The van der Waals surface area contributed by atoms with Crippen LogP contribution in [0.15, 0.2) is 35.9 Å². The highest BCUT2D eigenvalue weighted by Gasteiger charge is 2.35. The van der Waals surface area contributed by atoms with Crippen LogP contribution in [-0.2, 0) is 0 Å². The zero-order valence-corrected chi connectivity index (χ0v) is 10.9. The summed E-state index contributed by atoms with van der Waals surface area (Å²) in [6.07, 6.45) is -3.43. The van der Waals surface area contributed by atoms with Gasteiger partial charge in [-0.15, -0.1) is 0 Å². The predicted octanol–water partition coefficient (Wildman–Crippen LogP) is 2.90. The first-order chi connectivity index (χ1) is 9.97. The lowest BCUT2D eigenvalue weighted by atomic mass is 10.1. The normalized spacial score (nSPS) is 16.1. The molecule has 1 aliphatic heterocycles. The number of amides is 1. The molecule has 0 saturated heterocycles. The van der Waals surface area contributed by atoms with E-state index in [9.17, 15) is 18.0 Å². The smallest absolute Gasteiger partial charge is 0.333 e. The van der Waals surface area contributed by atoms with Crippen molar-refractivity contribution in [3.8, 4) is 0 Å². The van der Waals surface area contributed by atoms with Crippen molar-refractivity contribution >= 4 is 16.8 Å². The number of carbonyl (C=O) groups excluding carboxylic acids is 1. The number of aromatic nitrogens is 2. The number of benzene rings is 1. The Morgan fingerprint density at radius 1 is 1.29 bits per heavy atom. The molecule has 2 heterocycles. The molecule has 110 valence electrons. The van der Waals surface area contributed by atoms with Crippen molar-refractivity contribution in [1.82, 2.24) is 15.1 Å². The molecule has 1 aliphatic rings. The Labute approximate surface area is 118 Å². The lowest BCUT2D eigenvalue weighted by molar-refractivity contribution is -0.0957. The molecule has 0 fully saturated rings. The van der Waals surface area contributed by atoms with E-state index in [2.05, 4.69) is 10.2 Å². The Bertz CT molecular complexity index is 718. The number of hydrogen-bond donors (Lipinski definition) is 1. The summed E-state index contributed by atoms with van der Waals surface area (Å²) in [7, 11) is 0. The summed E-state index contributed by atoms with van der Waals surface area (Å²) >= 11 is 0. The van der Waals surface area contributed by atoms with Crippen molar-refractivity contribution in [2.45, 2.75) is 12.6 Å². The van der Waals surface area contributed by atoms with Crippen LogP contribution in [0.1, 0.15) is 16.9 Å². The van der Waals surface area contributed by atoms with E-state index in [0.29, 0.717) is 5.39 Å². The van der Waals surface area contributed by atoms with Crippen molar-refractivity contribution in [1.29, 1.82) is 0 Å². The lowest BCUT2D eigenvalue weighted by Crippen LogP contribution is -2.37. The Morgan fingerprint density at radius 2 is 2.05 bits per heavy atom. The highest BCUT2D eigenvalue weighted by Crippen LogP contribution is 2.30. The van der Waals surface area contributed by atoms with Crippen LogP contribution in [0.5, 0.6) is 0 Å². The molecule has 2 aromatic rings. The minimum absolute atomic E-state index is 0.0468. The SMILES string of the molecule is O=C(c1n[nH]c2ccccc12)N1CC=C(C(F)(F)F)CC1. The number of aromatic amines is 1. The summed E-state index contributed by atoms with van der Waals surface area (Å²) in [4.78, 5) is 13.7. The van der Waals surface area contributed by atoms with Gasteiger partial charge in [-0.1, -0.05) is 24.3 Å². The van der Waals surface area contributed by atoms with E-state index in [1.807, 2.05) is 6.07 Å². The molecule has 0 bridgehead atoms. The molecule has 0 unspecified atom stereocenters. The fraction of sp³-hybridized carbons (Fsp3) is 0.286. The maximum Gasteiger partial charge on any atom is 0.412 e. The molecule has 0 saturated carbocycles. The number of nitrogens with one attached hydrogen (secondary N) is 1. The molecule has 3 rings (SSSR count). The zero-order chi connectivity index (χ0) is 15.0. The monoisotopic (exact) mass is 295 g/mol. The number of hydrogen-bond acceptors (Lipinski definition) is 2. The molecule has 1 aromatic carbocycles. The highest BCUT2D eigenvalue weighted by molar-refractivity contribution is 6.04. The largest absolute Gasteiger partial charge is 0.412 e. The summed E-state index contributed by atoms with van der Waals surface area (Å²) in [5, 5.41) is 7.40. The van der Waals surface area contributed by atoms with Gasteiger partial charge in [0, 0.05) is 24.0 Å². The zero-order valence-electron chi connectivity index (χ0n) is 10.9. The van der Waals surface area contributed by atoms with Gasteiger partial charge in [-0.3, -0.25) is 9.89 Å². The number of alkyl halides is 3. The van der Waals surface area contributed by atoms with Crippen molar-refractivity contribution in [2.75, 3.05) is 13.1 Å². The van der Waals surface area contributed by atoms with Crippen LogP contribution in [0, 0.1) is 0 Å². The summed E-state index contributed by atoms with van der Waals surface area (Å²) < 4.78 is 37.7. The number of fused-ring (bicyclic) bond motifs is 1. The first-order valence-corrected chi connectivity index (χ1v) is 6.45. The third kappa shape index (κ3) is 2.51. The van der Waals surface area contributed by atoms with Crippen molar-refractivity contribution < 1.29 is 18.0 Å². The Balaban J connectivity index is 1.83. The third-order valence-corrected chi connectivity index (χ3v) is 3.53. The first kappa shape index (κ1) is 13.7. The standard InChI is InChI=1S/C14H12F3N3O/c15-14(16,17)9-5-7-20(8-6-9)13(21)12-10-3-1-2-4-11(10)18-19-12/h1-5H,6-8H2,(H,18,19). The average molecular weight is 295 g/mol. The first-order valence-electron chi connectivity index (χ1n) is 6.45. The van der Waals surface area contributed by atoms with Crippen LogP contribution in [0.4, 0.5) is 13.2 Å². The Kier molecular flexibility index (Phi) is 3.19. The topological polar surface area (TPSA) is 49.0 Å². The van der Waals surface area contributed by atoms with E-state index in [1.165, 1.54) is 4.90 Å². The fourth-order valence-electron chi connectivity index (χ4n) is 2.39. The van der Waals surface area contributed by atoms with Gasteiger partial charge >= 0.3 is 6.18 Å². The van der Waals surface area contributed by atoms with Crippen LogP contribution in [-0.4, -0.2) is 40.3 Å². The minimum atomic E-state index is -4.31. The third-order valence-electron chi connectivity index (χ3n) is 3.53. The van der Waals surface area contributed by atoms with Gasteiger partial charge in [-0.2, -0.15) is 18.3 Å². The number of H-pyrrole nitrogens is 1. The molecule has 1 N–H and O–H groups in total. The van der Waals surface area contributed by atoms with E-state index >= 15 is 0 Å². The van der Waals surface area contributed by atoms with Gasteiger partial charge in [0.1, 0.15) is 0 Å². The molecular weight excluding hydrogens is 283 g/mol. The average Bonchev–Trinajstić information content (AvgIpc) is 2.90. The molecular formula is C14H12F3N3O. The van der Waals surface area contributed by atoms with Gasteiger partial charge in [0.2, 0.25) is 0 Å². The maximum atomic E-state index is 12.6. The minimum Gasteiger partial charge on any atom is -0.333 e. The van der Waals surface area contributed by atoms with E-state index < -0.39 is 11.7 Å². The summed E-state index contributed by atoms with van der Waals surface area (Å²) in [6.45, 7) is 0.000225. The van der Waals surface area contributed by atoms with E-state index in [4.69, 9.17) is 0 Å². The molecule has 4 nitrogen and oxygen atoms in total. The molecule has 0 radical (unpaired) electrons. The molecule has 21 heavy (non-hydrogen) atoms. The van der Waals surface area contributed by atoms with Crippen LogP contribution in [0.3, 0.4) is 0 Å². The molecule has 0 atom stereocenters. The predicted molar refractivity (Wildman–Crippen MR) is 70.8 cm³/mol. The van der Waals surface area contributed by atoms with E-state index in [1.54, 1.807) is 18.2 Å². The van der Waals surface area contributed by atoms with E-state index in [0.717, 1.165) is 11.6 Å². The second-order valence-corrected chi connectivity index (χ2v) is 4.85. The molecule has 1 aromatic heterocycles. The Hall–Kier alpha value is -2.31. The van der Waals surface area contributed by atoms with Gasteiger partial charge in [-0.25, -0.2) is 0 Å². The fourth-order valence-corrected chi connectivity index (χ4v) is 2.39. The van der Waals surface area contributed by atoms with Crippen molar-refractivity contribution in [2.24, 2.45) is 0 Å². The van der Waals surface area contributed by atoms with Crippen molar-refractivity contribution in [3.05, 3.63) is 41.6 Å². The number of halogens is 3. The maximum absolute atomic E-state index is 12.6. The molecule has 0 spiro atoms. The second-order valence-electron chi connectivity index (χ2n) is 4.85. The van der Waals surface area contributed by atoms with Gasteiger partial charge in [0.15, 0.2) is 5.69 Å². The number of carbonyl (C=O) groups is 1. The Morgan fingerprint density at radius 3 is 2.71 bits per heavy atom. The van der Waals surface area contributed by atoms with Gasteiger partial charge in [0.25, 0.3) is 5.91 Å². The number of para-hydroxylation sites is 1. The molecule has 1 amide bonds. The van der Waals surface area contributed by atoms with Gasteiger partial charge in [0.05, 0.1) is 5.52 Å². The van der Waals surface area contributed by atoms with Crippen LogP contribution in [0.2, 0.25) is 0 Å². The highest BCUT2D eigenvalue weighted by atomic mass is 19.4. The summed E-state index contributed by atoms with van der Waals surface area (Å²) in [5.41, 5.74) is 0.400. The van der Waals surface area contributed by atoms with E-state index in [-0.39, 0.29) is 31.1 Å². The van der Waals surface area contributed by atoms with Crippen molar-refractivity contribution in [3.63, 3.8) is 0 Å². The number of nitrogens with zero attached hydrogens (tertiary/aromatic N) is 2. The van der Waals surface area contributed by atoms with Gasteiger partial charge < -0.3 is 4.90 Å². The lowest BCUT2D eigenvalue weighted by Gasteiger charge is -2.26. The summed E-state index contributed by atoms with van der Waals surface area (Å²) in [5.74, 6) is -0.357.